The van der Waals surface area contributed by atoms with Gasteiger partial charge in [0.1, 0.15) is 0 Å². The van der Waals surface area contributed by atoms with Gasteiger partial charge in [-0.3, -0.25) is 0 Å². The Morgan fingerprint density at radius 1 is 1.50 bits per heavy atom. The van der Waals surface area contributed by atoms with E-state index in [1.165, 1.54) is 0 Å². The Bertz CT molecular complexity index is 66.3. The number of allylic oxidation sites excluding steroid dienone is 1. The lowest BCUT2D eigenvalue weighted by Crippen LogP contribution is -2.28. The lowest BCUT2D eigenvalue weighted by molar-refractivity contribution is 0.206. The quantitative estimate of drug-likeness (QED) is 0.293. The van der Waals surface area contributed by atoms with Crippen molar-refractivity contribution in [3.63, 3.8) is 0 Å². The van der Waals surface area contributed by atoms with Crippen molar-refractivity contribution in [3.05, 3.63) is 12.7 Å². The molecule has 0 fully saturated rings. The molecule has 0 saturated heterocycles. The summed E-state index contributed by atoms with van der Waals surface area (Å²) in [6.45, 7) is 3.43. The van der Waals surface area contributed by atoms with Gasteiger partial charge in [-0.25, -0.2) is 11.8 Å². The van der Waals surface area contributed by atoms with Crippen molar-refractivity contribution in [2.75, 3.05) is 0 Å². The average Bonchev–Trinajstić information content (AvgIpc) is 1.83. The molecule has 0 rings (SSSR count). The highest BCUT2D eigenvalue weighted by Crippen LogP contribution is 1.89. The second kappa shape index (κ2) is 4.80. The van der Waals surface area contributed by atoms with E-state index >= 15 is 0 Å². The van der Waals surface area contributed by atoms with E-state index in [-0.39, 0.29) is 0 Å². The number of hydrogen-bond acceptors (Lipinski definition) is 4. The van der Waals surface area contributed by atoms with Gasteiger partial charge in [-0.05, 0) is 0 Å². The van der Waals surface area contributed by atoms with Crippen LogP contribution in [0.4, 0.5) is 0 Å². The predicted octanol–water partition coefficient (Wildman–Crippen LogP) is -0.559. The second-order valence-electron chi connectivity index (χ2n) is 1.23. The molecule has 0 atom stereocenters. The van der Waals surface area contributed by atoms with Gasteiger partial charge in [-0.1, -0.05) is 6.08 Å². The summed E-state index contributed by atoms with van der Waals surface area (Å²) in [4.78, 5) is 0. The maximum atomic E-state index is 4.72. The number of hydrogen-bond donors (Lipinski definition) is 2. The Balaban J connectivity index is 3.20. The molecule has 0 aliphatic carbocycles. The normalized spacial score (nSPS) is 8.75. The van der Waals surface area contributed by atoms with E-state index < -0.39 is 7.12 Å². The topological polar surface area (TPSA) is 70.5 Å². The van der Waals surface area contributed by atoms with Crippen LogP contribution in [0.25, 0.3) is 0 Å². The molecule has 8 heavy (non-hydrogen) atoms. The van der Waals surface area contributed by atoms with Crippen LogP contribution >= 0.6 is 0 Å². The fraction of sp³-hybridized carbons (Fsp3) is 0.333. The first-order valence-electron chi connectivity index (χ1n) is 2.17. The van der Waals surface area contributed by atoms with Gasteiger partial charge in [0.2, 0.25) is 0 Å². The largest absolute Gasteiger partial charge is 0.494 e. The molecule has 0 unspecified atom stereocenters. The monoisotopic (exact) mass is 116 g/mol. The van der Waals surface area contributed by atoms with Crippen molar-refractivity contribution >= 4 is 7.12 Å². The molecule has 0 spiro atoms. The molecule has 0 saturated carbocycles. The van der Waals surface area contributed by atoms with Crippen molar-refractivity contribution in [2.24, 2.45) is 11.8 Å². The summed E-state index contributed by atoms with van der Waals surface area (Å²) in [5, 5.41) is 0. The Morgan fingerprint density at radius 3 is 2.12 bits per heavy atom. The fourth-order valence-electron chi connectivity index (χ4n) is 0.279. The van der Waals surface area contributed by atoms with E-state index in [4.69, 9.17) is 11.8 Å². The van der Waals surface area contributed by atoms with Crippen LogP contribution in [0.5, 0.6) is 0 Å². The summed E-state index contributed by atoms with van der Waals surface area (Å²) in [6, 6.07) is 0. The van der Waals surface area contributed by atoms with Crippen LogP contribution in [0.3, 0.4) is 0 Å². The summed E-state index contributed by atoms with van der Waals surface area (Å²) >= 11 is 0. The second-order valence-corrected chi connectivity index (χ2v) is 1.23. The SMILES string of the molecule is C=CCB(ON)ON. The van der Waals surface area contributed by atoms with Gasteiger partial charge in [-0.2, -0.15) is 0 Å². The lowest BCUT2D eigenvalue weighted by Gasteiger charge is -2.01. The highest BCUT2D eigenvalue weighted by molar-refractivity contribution is 6.44. The van der Waals surface area contributed by atoms with E-state index in [9.17, 15) is 0 Å². The molecule has 5 heteroatoms. The van der Waals surface area contributed by atoms with Crippen molar-refractivity contribution in [1.82, 2.24) is 0 Å². The summed E-state index contributed by atoms with van der Waals surface area (Å²) in [5.74, 6) is 9.43. The van der Waals surface area contributed by atoms with Gasteiger partial charge in [0.15, 0.2) is 0 Å². The Morgan fingerprint density at radius 2 is 2.00 bits per heavy atom. The maximum absolute atomic E-state index is 4.72. The number of rotatable bonds is 4. The van der Waals surface area contributed by atoms with Crippen LogP contribution in [-0.4, -0.2) is 7.12 Å². The molecule has 0 radical (unpaired) electrons. The lowest BCUT2D eigenvalue weighted by atomic mass is 9.86. The third-order valence-corrected chi connectivity index (χ3v) is 0.663. The van der Waals surface area contributed by atoms with Crippen molar-refractivity contribution in [1.29, 1.82) is 0 Å². The summed E-state index contributed by atoms with van der Waals surface area (Å²) in [5.41, 5.74) is 0. The van der Waals surface area contributed by atoms with E-state index in [0.29, 0.717) is 6.32 Å². The zero-order chi connectivity index (χ0) is 6.41. The molecule has 0 aliphatic rings. The van der Waals surface area contributed by atoms with Gasteiger partial charge >= 0.3 is 7.12 Å². The number of nitrogens with two attached hydrogens (primary N) is 2. The highest BCUT2D eigenvalue weighted by Gasteiger charge is 2.11. The fourth-order valence-corrected chi connectivity index (χ4v) is 0.279. The van der Waals surface area contributed by atoms with E-state index in [1.54, 1.807) is 6.08 Å². The predicted molar refractivity (Wildman–Crippen MR) is 31.3 cm³/mol. The summed E-state index contributed by atoms with van der Waals surface area (Å²) < 4.78 is 8.44. The minimum Gasteiger partial charge on any atom is -0.328 e. The summed E-state index contributed by atoms with van der Waals surface area (Å²) in [6.07, 6.45) is 2.09. The molecule has 0 aliphatic heterocycles. The van der Waals surface area contributed by atoms with Crippen molar-refractivity contribution in [2.45, 2.75) is 6.32 Å². The van der Waals surface area contributed by atoms with Crippen LogP contribution in [-0.2, 0) is 9.51 Å². The van der Waals surface area contributed by atoms with Gasteiger partial charge < -0.3 is 9.51 Å². The Hall–Kier alpha value is -0.355. The molecule has 4 N–H and O–H groups in total. The van der Waals surface area contributed by atoms with Crippen LogP contribution in [0, 0.1) is 0 Å². The summed E-state index contributed by atoms with van der Waals surface area (Å²) in [7, 11) is -0.563. The van der Waals surface area contributed by atoms with Crippen LogP contribution < -0.4 is 11.8 Å². The molecule has 46 valence electrons. The van der Waals surface area contributed by atoms with Gasteiger partial charge in [0.05, 0.1) is 0 Å². The van der Waals surface area contributed by atoms with Crippen molar-refractivity contribution in [3.8, 4) is 0 Å². The Kier molecular flexibility index (Phi) is 4.58. The van der Waals surface area contributed by atoms with Gasteiger partial charge in [0.25, 0.3) is 0 Å². The molecular formula is C3H9BN2O2. The third kappa shape index (κ3) is 2.76. The molecule has 0 aromatic heterocycles. The van der Waals surface area contributed by atoms with Crippen LogP contribution in [0.2, 0.25) is 6.32 Å². The molecule has 0 bridgehead atoms. The average molecular weight is 116 g/mol. The third-order valence-electron chi connectivity index (χ3n) is 0.663. The van der Waals surface area contributed by atoms with E-state index in [2.05, 4.69) is 16.1 Å². The van der Waals surface area contributed by atoms with Crippen LogP contribution in [0.15, 0.2) is 12.7 Å². The molecular weight excluding hydrogens is 107 g/mol. The standard InChI is InChI=1S/C3H9BN2O2/c1-2-3-4(7-5)8-6/h2H,1,3,5-6H2. The van der Waals surface area contributed by atoms with Gasteiger partial charge in [0, 0.05) is 6.32 Å². The first-order chi connectivity index (χ1) is 3.85. The maximum Gasteiger partial charge on any atom is 0.494 e. The zero-order valence-electron chi connectivity index (χ0n) is 4.54. The smallest absolute Gasteiger partial charge is 0.328 e. The van der Waals surface area contributed by atoms with E-state index in [0.717, 1.165) is 0 Å². The van der Waals surface area contributed by atoms with Crippen LogP contribution in [0.1, 0.15) is 0 Å². The minimum atomic E-state index is -0.563. The van der Waals surface area contributed by atoms with E-state index in [1.807, 2.05) is 0 Å². The minimum absolute atomic E-state index is 0.493. The molecule has 0 heterocycles. The Labute approximate surface area is 48.5 Å². The zero-order valence-corrected chi connectivity index (χ0v) is 4.54. The highest BCUT2D eigenvalue weighted by atomic mass is 16.7. The molecule has 0 aromatic rings. The first kappa shape index (κ1) is 7.64. The van der Waals surface area contributed by atoms with Gasteiger partial charge in [-0.15, -0.1) is 6.58 Å². The molecule has 0 amide bonds. The molecule has 4 nitrogen and oxygen atoms in total. The first-order valence-corrected chi connectivity index (χ1v) is 2.17. The molecule has 0 aromatic carbocycles. The van der Waals surface area contributed by atoms with Crippen molar-refractivity contribution < 1.29 is 9.51 Å².